The predicted octanol–water partition coefficient (Wildman–Crippen LogP) is 1.99. The molecule has 0 aliphatic carbocycles. The summed E-state index contributed by atoms with van der Waals surface area (Å²) in [6.07, 6.45) is 4.12. The van der Waals surface area contributed by atoms with Crippen LogP contribution < -0.4 is 24.5 Å². The fourth-order valence-electron chi connectivity index (χ4n) is 3.25. The minimum absolute atomic E-state index is 0.153. The molecule has 12 nitrogen and oxygen atoms in total. The molecule has 34 heavy (non-hydrogen) atoms. The first kappa shape index (κ1) is 23.3. The third-order valence-electron chi connectivity index (χ3n) is 4.86. The lowest BCUT2D eigenvalue weighted by atomic mass is 10.1. The number of aromatic nitrogens is 5. The molecule has 0 aliphatic rings. The van der Waals surface area contributed by atoms with Gasteiger partial charge in [-0.15, -0.1) is 10.2 Å². The van der Waals surface area contributed by atoms with Gasteiger partial charge in [0, 0.05) is 19.2 Å². The maximum absolute atomic E-state index is 12.7. The third-order valence-corrected chi connectivity index (χ3v) is 6.58. The number of hydrogen-bond donors (Lipinski definition) is 1. The van der Waals surface area contributed by atoms with Crippen LogP contribution in [0.15, 0.2) is 40.2 Å². The summed E-state index contributed by atoms with van der Waals surface area (Å²) < 4.78 is 46.5. The Morgan fingerprint density at radius 1 is 1.12 bits per heavy atom. The van der Waals surface area contributed by atoms with Gasteiger partial charge in [-0.25, -0.2) is 22.6 Å². The van der Waals surface area contributed by atoms with Crippen molar-refractivity contribution in [2.24, 2.45) is 7.05 Å². The van der Waals surface area contributed by atoms with E-state index in [1.54, 1.807) is 19.2 Å². The van der Waals surface area contributed by atoms with Gasteiger partial charge in [-0.05, 0) is 6.08 Å². The molecule has 0 amide bonds. The van der Waals surface area contributed by atoms with Crippen LogP contribution in [0.2, 0.25) is 0 Å². The minimum atomic E-state index is -3.96. The van der Waals surface area contributed by atoms with Gasteiger partial charge in [-0.1, -0.05) is 11.3 Å². The number of nitrogens with zero attached hydrogens (tertiary/aromatic N) is 5. The van der Waals surface area contributed by atoms with Crippen molar-refractivity contribution in [1.82, 2.24) is 24.4 Å². The van der Waals surface area contributed by atoms with Gasteiger partial charge in [0.2, 0.25) is 0 Å². The summed E-state index contributed by atoms with van der Waals surface area (Å²) in [6, 6.07) is 3.23. The van der Waals surface area contributed by atoms with E-state index >= 15 is 0 Å². The molecule has 0 fully saturated rings. The summed E-state index contributed by atoms with van der Waals surface area (Å²) in [5, 5.41) is 9.10. The lowest BCUT2D eigenvalue weighted by Gasteiger charge is -2.12. The number of methoxy groups -OCH3 is 3. The quantitative estimate of drug-likeness (QED) is 0.382. The van der Waals surface area contributed by atoms with Gasteiger partial charge < -0.3 is 14.2 Å². The van der Waals surface area contributed by atoms with E-state index in [4.69, 9.17) is 14.2 Å². The fourth-order valence-corrected chi connectivity index (χ4v) is 4.66. The van der Waals surface area contributed by atoms with Crippen LogP contribution in [0.25, 0.3) is 22.3 Å². The van der Waals surface area contributed by atoms with Crippen LogP contribution in [0.3, 0.4) is 0 Å². The fraction of sp³-hybridized carbons (Fsp3) is 0.200. The first-order valence-corrected chi connectivity index (χ1v) is 12.1. The van der Waals surface area contributed by atoms with Crippen molar-refractivity contribution in [3.8, 4) is 27.8 Å². The summed E-state index contributed by atoms with van der Waals surface area (Å²) in [4.78, 5) is 16.9. The Morgan fingerprint density at radius 2 is 1.82 bits per heavy atom. The number of sulfonamides is 1. The van der Waals surface area contributed by atoms with Crippen LogP contribution in [0.4, 0.5) is 5.69 Å². The van der Waals surface area contributed by atoms with E-state index in [-0.39, 0.29) is 16.8 Å². The summed E-state index contributed by atoms with van der Waals surface area (Å²) in [5.74, 6) is 1.24. The van der Waals surface area contributed by atoms with Gasteiger partial charge in [0.15, 0.2) is 10.7 Å². The molecule has 0 saturated heterocycles. The zero-order valence-electron chi connectivity index (χ0n) is 18.5. The van der Waals surface area contributed by atoms with Crippen molar-refractivity contribution in [2.45, 2.75) is 0 Å². The molecule has 0 unspecified atom stereocenters. The van der Waals surface area contributed by atoms with Crippen LogP contribution >= 0.6 is 11.3 Å². The molecule has 3 heterocycles. The average molecular weight is 505 g/mol. The number of benzene rings is 1. The molecule has 3 aromatic heterocycles. The van der Waals surface area contributed by atoms with Gasteiger partial charge in [-0.2, -0.15) is 0 Å². The number of aryl methyl sites for hydroxylation is 1. The predicted molar refractivity (Wildman–Crippen MR) is 127 cm³/mol. The maximum Gasteiger partial charge on any atom is 0.279 e. The number of nitrogens with one attached hydrogen (secondary N) is 1. The molecule has 0 atom stereocenters. The molecule has 4 rings (SSSR count). The summed E-state index contributed by atoms with van der Waals surface area (Å²) in [7, 11) is 1.99. The Bertz CT molecular complexity index is 1510. The highest BCUT2D eigenvalue weighted by Crippen LogP contribution is 2.35. The smallest absolute Gasteiger partial charge is 0.279 e. The van der Waals surface area contributed by atoms with Gasteiger partial charge in [0.25, 0.3) is 15.6 Å². The first-order valence-electron chi connectivity index (χ1n) is 9.62. The Kier molecular flexibility index (Phi) is 6.26. The summed E-state index contributed by atoms with van der Waals surface area (Å²) >= 11 is 1.21. The number of fused-ring (bicyclic) bond motifs is 1. The van der Waals surface area contributed by atoms with Crippen LogP contribution in [0.1, 0.15) is 5.56 Å². The summed E-state index contributed by atoms with van der Waals surface area (Å²) in [6.45, 7) is 0. The molecule has 0 aliphatic heterocycles. The Hall–Kier alpha value is -3.91. The number of hydrogen-bond acceptors (Lipinski definition) is 10. The highest BCUT2D eigenvalue weighted by Gasteiger charge is 2.19. The molecule has 0 radical (unpaired) electrons. The molecular weight excluding hydrogens is 484 g/mol. The lowest BCUT2D eigenvalue weighted by molar-refractivity contribution is 0.374. The molecule has 0 saturated carbocycles. The third kappa shape index (κ3) is 4.32. The van der Waals surface area contributed by atoms with Gasteiger partial charge in [-0.3, -0.25) is 9.52 Å². The monoisotopic (exact) mass is 504 g/mol. The van der Waals surface area contributed by atoms with E-state index in [9.17, 15) is 13.2 Å². The Morgan fingerprint density at radius 3 is 2.41 bits per heavy atom. The molecule has 4 aromatic rings. The second-order valence-corrected chi connectivity index (χ2v) is 9.25. The van der Waals surface area contributed by atoms with Crippen LogP contribution in [0, 0.1) is 0 Å². The molecule has 1 aromatic carbocycles. The van der Waals surface area contributed by atoms with Crippen LogP contribution in [-0.2, 0) is 17.1 Å². The van der Waals surface area contributed by atoms with Gasteiger partial charge in [0.05, 0.1) is 50.4 Å². The van der Waals surface area contributed by atoms with Crippen molar-refractivity contribution in [1.29, 1.82) is 0 Å². The number of ether oxygens (including phenoxy) is 3. The lowest BCUT2D eigenvalue weighted by Crippen LogP contribution is -2.16. The van der Waals surface area contributed by atoms with Gasteiger partial charge >= 0.3 is 0 Å². The minimum Gasteiger partial charge on any atom is -0.496 e. The number of rotatable bonds is 8. The highest BCUT2D eigenvalue weighted by molar-refractivity contribution is 7.95. The second-order valence-electron chi connectivity index (χ2n) is 6.85. The zero-order chi connectivity index (χ0) is 24.5. The second kappa shape index (κ2) is 9.15. The van der Waals surface area contributed by atoms with E-state index in [1.165, 1.54) is 65.8 Å². The normalized spacial score (nSPS) is 11.8. The SMILES string of the molecule is COc1cc(OC)c(C=CS(=O)(=O)Nc2cnc3c(-c4nncs4)c(=O)n(C)n3c2)c(OC)c1. The number of anilines is 1. The average Bonchev–Trinajstić information content (AvgIpc) is 3.44. The van der Waals surface area contributed by atoms with Crippen molar-refractivity contribution < 1.29 is 22.6 Å². The van der Waals surface area contributed by atoms with Crippen LogP contribution in [0.5, 0.6) is 17.2 Å². The topological polar surface area (TPSA) is 139 Å². The van der Waals surface area contributed by atoms with Gasteiger partial charge in [0.1, 0.15) is 28.3 Å². The first-order chi connectivity index (χ1) is 16.3. The molecule has 14 heteroatoms. The Balaban J connectivity index is 1.67. The molecular formula is C20H20N6O6S2. The van der Waals surface area contributed by atoms with E-state index < -0.39 is 10.0 Å². The largest absolute Gasteiger partial charge is 0.496 e. The van der Waals surface area contributed by atoms with Crippen molar-refractivity contribution in [2.75, 3.05) is 26.1 Å². The molecule has 0 spiro atoms. The summed E-state index contributed by atoms with van der Waals surface area (Å²) in [5.41, 5.74) is 2.37. The highest BCUT2D eigenvalue weighted by atomic mass is 32.2. The van der Waals surface area contributed by atoms with Crippen molar-refractivity contribution in [3.05, 3.63) is 51.4 Å². The molecule has 0 bridgehead atoms. The maximum atomic E-state index is 12.7. The van der Waals surface area contributed by atoms with E-state index in [1.807, 2.05) is 0 Å². The molecule has 178 valence electrons. The zero-order valence-corrected chi connectivity index (χ0v) is 20.2. The van der Waals surface area contributed by atoms with E-state index in [2.05, 4.69) is 19.9 Å². The Labute approximate surface area is 198 Å². The van der Waals surface area contributed by atoms with Crippen molar-refractivity contribution >= 4 is 38.8 Å². The molecule has 1 N–H and O–H groups in total. The van der Waals surface area contributed by atoms with E-state index in [0.717, 1.165) is 5.41 Å². The van der Waals surface area contributed by atoms with E-state index in [0.29, 0.717) is 33.5 Å². The van der Waals surface area contributed by atoms with Crippen molar-refractivity contribution in [3.63, 3.8) is 0 Å². The standard InChI is InChI=1S/C20H20N6O6S2/c1-25-20(27)17(19-23-22-11-33-19)18-21-9-12(10-26(18)25)24-34(28,29)6-5-14-15(31-3)7-13(30-2)8-16(14)32-4/h5-11,24H,1-4H3. The van der Waals surface area contributed by atoms with Crippen LogP contribution in [-0.4, -0.2) is 54.1 Å².